The Hall–Kier alpha value is -3.21. The molecular weight excluding hydrogens is 388 g/mol. The van der Waals surface area contributed by atoms with Crippen molar-refractivity contribution >= 4 is 40.7 Å². The van der Waals surface area contributed by atoms with Crippen LogP contribution in [0.1, 0.15) is 18.4 Å². The topological polar surface area (TPSA) is 159 Å². The molecule has 2 unspecified atom stereocenters. The van der Waals surface area contributed by atoms with E-state index in [-0.39, 0.29) is 10.6 Å². The summed E-state index contributed by atoms with van der Waals surface area (Å²) in [6.45, 7) is 0.973. The summed E-state index contributed by atoms with van der Waals surface area (Å²) in [6, 6.07) is 2.99. The number of Topliss-reactive ketones (excluding diaryl/α,β-unsaturated/α-hetero) is 1. The summed E-state index contributed by atoms with van der Waals surface area (Å²) in [5, 5.41) is 31.9. The van der Waals surface area contributed by atoms with Crippen LogP contribution in [0.25, 0.3) is 0 Å². The third-order valence-electron chi connectivity index (χ3n) is 3.65. The lowest BCUT2D eigenvalue weighted by atomic mass is 9.79. The van der Waals surface area contributed by atoms with E-state index >= 15 is 0 Å². The highest BCUT2D eigenvalue weighted by Gasteiger charge is 2.47. The van der Waals surface area contributed by atoms with Gasteiger partial charge in [-0.05, 0) is 18.6 Å². The molecule has 0 heterocycles. The highest BCUT2D eigenvalue weighted by Crippen LogP contribution is 2.36. The first-order chi connectivity index (χ1) is 12.6. The first-order valence-electron chi connectivity index (χ1n) is 7.20. The Morgan fingerprint density at radius 3 is 2.19 bits per heavy atom. The molecule has 0 radical (unpaired) electrons. The largest absolute Gasteiger partial charge is 0.468 e. The van der Waals surface area contributed by atoms with Crippen LogP contribution in [0.2, 0.25) is 5.02 Å². The molecule has 1 aromatic carbocycles. The number of ketones is 1. The van der Waals surface area contributed by atoms with Crippen LogP contribution in [-0.4, -0.2) is 52.7 Å². The fourth-order valence-corrected chi connectivity index (χ4v) is 2.70. The highest BCUT2D eigenvalue weighted by molar-refractivity contribution is 6.39. The molecule has 0 aliphatic carbocycles. The molecule has 0 saturated heterocycles. The molecule has 0 aromatic heterocycles. The smallest absolute Gasteiger partial charge is 0.405 e. The Morgan fingerprint density at radius 1 is 1.19 bits per heavy atom. The van der Waals surface area contributed by atoms with E-state index in [1.54, 1.807) is 0 Å². The molecule has 0 aliphatic heterocycles. The molecule has 0 saturated carbocycles. The van der Waals surface area contributed by atoms with E-state index < -0.39 is 50.8 Å². The first kappa shape index (κ1) is 21.8. The lowest BCUT2D eigenvalue weighted by Crippen LogP contribution is -2.41. The summed E-state index contributed by atoms with van der Waals surface area (Å²) in [5.41, 5.74) is -1.87. The number of hydrogen-bond donors (Lipinski definition) is 1. The third kappa shape index (κ3) is 4.70. The maximum atomic E-state index is 12.1. The van der Waals surface area contributed by atoms with Gasteiger partial charge in [0.25, 0.3) is 5.69 Å². The SMILES string of the molecule is COC(=O)/C(C(c1cc([N+](=O)[O-])ccc1Cl)C(C(C)=O)C(=O)OC)=[N+](\[O-])O. The lowest BCUT2D eigenvalue weighted by molar-refractivity contribution is -0.726. The summed E-state index contributed by atoms with van der Waals surface area (Å²) in [5.74, 6) is -7.00. The van der Waals surface area contributed by atoms with E-state index in [0.29, 0.717) is 0 Å². The van der Waals surface area contributed by atoms with Gasteiger partial charge in [-0.1, -0.05) is 11.6 Å². The van der Waals surface area contributed by atoms with E-state index in [1.807, 2.05) is 0 Å². The summed E-state index contributed by atoms with van der Waals surface area (Å²) in [4.78, 5) is 45.7. The van der Waals surface area contributed by atoms with Gasteiger partial charge in [0.05, 0.1) is 19.1 Å². The lowest BCUT2D eigenvalue weighted by Gasteiger charge is -2.22. The first-order valence-corrected chi connectivity index (χ1v) is 7.58. The number of methoxy groups -OCH3 is 2. The predicted molar refractivity (Wildman–Crippen MR) is 89.5 cm³/mol. The Kier molecular flexibility index (Phi) is 7.23. The van der Waals surface area contributed by atoms with Crippen LogP contribution in [0.3, 0.4) is 0 Å². The van der Waals surface area contributed by atoms with Gasteiger partial charge < -0.3 is 14.7 Å². The molecule has 0 aliphatic rings. The average Bonchev–Trinajstić information content (AvgIpc) is 2.60. The molecule has 0 spiro atoms. The van der Waals surface area contributed by atoms with E-state index in [0.717, 1.165) is 39.3 Å². The number of rotatable bonds is 7. The zero-order valence-corrected chi connectivity index (χ0v) is 15.1. The molecular formula is C15H15ClN2O9. The van der Waals surface area contributed by atoms with Crippen molar-refractivity contribution in [1.82, 2.24) is 0 Å². The van der Waals surface area contributed by atoms with Gasteiger partial charge >= 0.3 is 17.7 Å². The number of non-ortho nitro benzene ring substituents is 1. The third-order valence-corrected chi connectivity index (χ3v) is 3.99. The Bertz CT molecular complexity index is 818. The van der Waals surface area contributed by atoms with Gasteiger partial charge in [0, 0.05) is 22.1 Å². The summed E-state index contributed by atoms with van der Waals surface area (Å²) >= 11 is 6.04. The standard InChI is InChI=1S/C15H15ClN2O9/c1-7(19)11(14(20)26-2)12(13(18(24)25)15(21)27-3)9-6-8(17(22)23)4-5-10(9)16/h4-6,11-12H,1-3H3,(H,24,25). The quantitative estimate of drug-likeness (QED) is 0.134. The Balaban J connectivity index is 3.90. The van der Waals surface area contributed by atoms with Crippen molar-refractivity contribution in [3.8, 4) is 0 Å². The van der Waals surface area contributed by atoms with Crippen LogP contribution < -0.4 is 0 Å². The second-order valence-electron chi connectivity index (χ2n) is 5.20. The van der Waals surface area contributed by atoms with Crippen molar-refractivity contribution < 1.29 is 38.9 Å². The minimum absolute atomic E-state index is 0.205. The normalized spacial score (nSPS) is 13.8. The fraction of sp³-hybridized carbons (Fsp3) is 0.333. The molecule has 0 bridgehead atoms. The van der Waals surface area contributed by atoms with Crippen molar-refractivity contribution in [3.63, 3.8) is 0 Å². The van der Waals surface area contributed by atoms with Crippen molar-refractivity contribution in [2.24, 2.45) is 5.92 Å². The molecule has 0 fully saturated rings. The van der Waals surface area contributed by atoms with Gasteiger partial charge in [0.2, 0.25) is 0 Å². The van der Waals surface area contributed by atoms with Crippen LogP contribution in [0.4, 0.5) is 5.69 Å². The molecule has 146 valence electrons. The number of ether oxygens (including phenoxy) is 2. The van der Waals surface area contributed by atoms with Crippen molar-refractivity contribution in [1.29, 1.82) is 0 Å². The number of halogens is 1. The summed E-state index contributed by atoms with van der Waals surface area (Å²) in [7, 11) is 1.84. The van der Waals surface area contributed by atoms with E-state index in [9.17, 15) is 34.9 Å². The van der Waals surface area contributed by atoms with Crippen LogP contribution in [-0.2, 0) is 23.9 Å². The minimum Gasteiger partial charge on any atom is -0.468 e. The Labute approximate surface area is 157 Å². The molecule has 1 N–H and O–H groups in total. The van der Waals surface area contributed by atoms with Gasteiger partial charge in [-0.2, -0.15) is 0 Å². The van der Waals surface area contributed by atoms with Gasteiger partial charge in [-0.15, -0.1) is 0 Å². The van der Waals surface area contributed by atoms with Crippen molar-refractivity contribution in [2.75, 3.05) is 14.2 Å². The van der Waals surface area contributed by atoms with Gasteiger partial charge in [0.15, 0.2) is 0 Å². The van der Waals surface area contributed by atoms with Crippen molar-refractivity contribution in [3.05, 3.63) is 44.1 Å². The van der Waals surface area contributed by atoms with Crippen LogP contribution in [0.5, 0.6) is 0 Å². The van der Waals surface area contributed by atoms with Crippen LogP contribution in [0, 0.1) is 21.2 Å². The van der Waals surface area contributed by atoms with Gasteiger partial charge in [-0.3, -0.25) is 24.9 Å². The van der Waals surface area contributed by atoms with Crippen molar-refractivity contribution in [2.45, 2.75) is 12.8 Å². The second-order valence-corrected chi connectivity index (χ2v) is 5.61. The van der Waals surface area contributed by atoms with Crippen LogP contribution >= 0.6 is 11.6 Å². The van der Waals surface area contributed by atoms with Gasteiger partial charge in [0.1, 0.15) is 17.6 Å². The Morgan fingerprint density at radius 2 is 1.78 bits per heavy atom. The number of carbonyl (C=O) groups excluding carboxylic acids is 3. The summed E-state index contributed by atoms with van der Waals surface area (Å²) in [6.07, 6.45) is 0. The number of carbonyl (C=O) groups is 3. The molecule has 1 aromatic rings. The molecule has 2 atom stereocenters. The zero-order valence-electron chi connectivity index (χ0n) is 14.4. The average molecular weight is 403 g/mol. The maximum absolute atomic E-state index is 12.1. The van der Waals surface area contributed by atoms with E-state index in [4.69, 9.17) is 11.6 Å². The van der Waals surface area contributed by atoms with E-state index in [2.05, 4.69) is 9.47 Å². The van der Waals surface area contributed by atoms with Gasteiger partial charge in [-0.25, -0.2) is 4.79 Å². The molecule has 12 heteroatoms. The molecule has 0 amide bonds. The number of hydrogen-bond acceptors (Lipinski definition) is 9. The summed E-state index contributed by atoms with van der Waals surface area (Å²) < 4.78 is 8.95. The molecule has 27 heavy (non-hydrogen) atoms. The molecule has 1 rings (SSSR count). The monoisotopic (exact) mass is 402 g/mol. The minimum atomic E-state index is -1.81. The highest BCUT2D eigenvalue weighted by atomic mass is 35.5. The molecule has 11 nitrogen and oxygen atoms in total. The number of nitro benzene ring substituents is 1. The fourth-order valence-electron chi connectivity index (χ4n) is 2.46. The predicted octanol–water partition coefficient (Wildman–Crippen LogP) is 1.22. The second kappa shape index (κ2) is 8.94. The number of nitrogens with zero attached hydrogens (tertiary/aromatic N) is 2. The number of nitro groups is 1. The zero-order chi connectivity index (χ0) is 20.9. The number of esters is 2. The van der Waals surface area contributed by atoms with Crippen LogP contribution in [0.15, 0.2) is 18.2 Å². The van der Waals surface area contributed by atoms with E-state index in [1.165, 1.54) is 0 Å². The number of benzene rings is 1. The maximum Gasteiger partial charge on any atom is 0.405 e.